The molecule has 4 heteroatoms. The SMILES string of the molecule is C=C1[C@@H](O)C[C@H]2C(C)(C)[C@@H](O)CC[C@]2(C)[C@H]1CC=C1COC[C@@H]1O. The fourth-order valence-electron chi connectivity index (χ4n) is 5.47. The quantitative estimate of drug-likeness (QED) is 0.678. The molecule has 24 heavy (non-hydrogen) atoms. The molecule has 0 unspecified atom stereocenters. The van der Waals surface area contributed by atoms with Gasteiger partial charge in [-0.1, -0.05) is 33.4 Å². The molecule has 0 amide bonds. The zero-order valence-corrected chi connectivity index (χ0v) is 15.2. The standard InChI is InChI=1S/C20H32O4/c1-12-14(6-5-13-10-24-11-16(13)22)20(4)8-7-18(23)19(2,3)17(20)9-15(12)21/h5,14-18,21-23H,1,6-11H2,2-4H3/t14-,15-,16-,17-,18-,20+/m0/s1. The Labute approximate surface area is 145 Å². The van der Waals surface area contributed by atoms with Crippen LogP contribution in [0.25, 0.3) is 0 Å². The van der Waals surface area contributed by atoms with E-state index in [4.69, 9.17) is 4.74 Å². The first-order chi connectivity index (χ1) is 11.2. The van der Waals surface area contributed by atoms with E-state index in [0.717, 1.165) is 30.4 Å². The van der Waals surface area contributed by atoms with Crippen LogP contribution in [0.2, 0.25) is 0 Å². The fourth-order valence-corrected chi connectivity index (χ4v) is 5.47. The minimum Gasteiger partial charge on any atom is -0.393 e. The molecule has 3 aliphatic rings. The zero-order valence-electron chi connectivity index (χ0n) is 15.2. The lowest BCUT2D eigenvalue weighted by Gasteiger charge is -2.60. The summed E-state index contributed by atoms with van der Waals surface area (Å²) in [5.74, 6) is 0.417. The first-order valence-electron chi connectivity index (χ1n) is 9.17. The highest BCUT2D eigenvalue weighted by atomic mass is 16.5. The summed E-state index contributed by atoms with van der Waals surface area (Å²) in [5.41, 5.74) is 1.65. The third-order valence-corrected chi connectivity index (χ3v) is 7.23. The van der Waals surface area contributed by atoms with Gasteiger partial charge in [0.05, 0.1) is 25.4 Å². The van der Waals surface area contributed by atoms with Crippen molar-refractivity contribution in [3.63, 3.8) is 0 Å². The zero-order chi connectivity index (χ0) is 17.7. The van der Waals surface area contributed by atoms with E-state index in [1.54, 1.807) is 0 Å². The summed E-state index contributed by atoms with van der Waals surface area (Å²) < 4.78 is 5.31. The van der Waals surface area contributed by atoms with Crippen molar-refractivity contribution in [2.24, 2.45) is 22.7 Å². The number of aliphatic hydroxyl groups is 3. The van der Waals surface area contributed by atoms with Crippen LogP contribution in [0.4, 0.5) is 0 Å². The van der Waals surface area contributed by atoms with E-state index >= 15 is 0 Å². The summed E-state index contributed by atoms with van der Waals surface area (Å²) in [4.78, 5) is 0. The normalized spacial score (nSPS) is 47.0. The Morgan fingerprint density at radius 2 is 1.92 bits per heavy atom. The van der Waals surface area contributed by atoms with Crippen molar-refractivity contribution in [2.45, 2.75) is 64.8 Å². The Kier molecular flexibility index (Phi) is 4.71. The van der Waals surface area contributed by atoms with Gasteiger partial charge in [0, 0.05) is 0 Å². The number of aliphatic hydroxyl groups excluding tert-OH is 3. The third kappa shape index (κ3) is 2.78. The predicted molar refractivity (Wildman–Crippen MR) is 93.4 cm³/mol. The number of hydrogen-bond acceptors (Lipinski definition) is 4. The first kappa shape index (κ1) is 18.1. The summed E-state index contributed by atoms with van der Waals surface area (Å²) >= 11 is 0. The summed E-state index contributed by atoms with van der Waals surface area (Å²) in [7, 11) is 0. The molecular weight excluding hydrogens is 304 g/mol. The van der Waals surface area contributed by atoms with Crippen LogP contribution in [-0.4, -0.2) is 46.8 Å². The highest BCUT2D eigenvalue weighted by Crippen LogP contribution is 2.61. The van der Waals surface area contributed by atoms with Crippen LogP contribution in [0.3, 0.4) is 0 Å². The Bertz CT molecular complexity index is 538. The Balaban J connectivity index is 1.90. The van der Waals surface area contributed by atoms with E-state index in [-0.39, 0.29) is 28.8 Å². The third-order valence-electron chi connectivity index (χ3n) is 7.23. The summed E-state index contributed by atoms with van der Waals surface area (Å²) in [6, 6.07) is 0. The number of allylic oxidation sites excluding steroid dienone is 1. The monoisotopic (exact) mass is 336 g/mol. The van der Waals surface area contributed by atoms with Gasteiger partial charge < -0.3 is 20.1 Å². The van der Waals surface area contributed by atoms with Crippen molar-refractivity contribution in [1.82, 2.24) is 0 Å². The van der Waals surface area contributed by atoms with Crippen LogP contribution in [0.5, 0.6) is 0 Å². The Hall–Kier alpha value is -0.680. The molecule has 3 fully saturated rings. The minimum atomic E-state index is -0.513. The van der Waals surface area contributed by atoms with E-state index in [1.807, 2.05) is 0 Å². The van der Waals surface area contributed by atoms with Crippen molar-refractivity contribution in [1.29, 1.82) is 0 Å². The average molecular weight is 336 g/mol. The molecule has 2 saturated carbocycles. The van der Waals surface area contributed by atoms with Gasteiger partial charge in [0.1, 0.15) is 6.10 Å². The molecule has 3 N–H and O–H groups in total. The fraction of sp³-hybridized carbons (Fsp3) is 0.800. The second-order valence-electron chi connectivity index (χ2n) is 8.86. The van der Waals surface area contributed by atoms with E-state index in [1.165, 1.54) is 0 Å². The number of hydrogen-bond donors (Lipinski definition) is 3. The highest BCUT2D eigenvalue weighted by molar-refractivity contribution is 5.23. The minimum absolute atomic E-state index is 0.0144. The van der Waals surface area contributed by atoms with Gasteiger partial charge in [-0.15, -0.1) is 0 Å². The molecule has 2 aliphatic carbocycles. The van der Waals surface area contributed by atoms with Gasteiger partial charge in [0.15, 0.2) is 0 Å². The molecule has 4 nitrogen and oxygen atoms in total. The lowest BCUT2D eigenvalue weighted by atomic mass is 9.46. The van der Waals surface area contributed by atoms with Crippen LogP contribution in [-0.2, 0) is 4.74 Å². The molecule has 136 valence electrons. The molecule has 0 aromatic rings. The van der Waals surface area contributed by atoms with Crippen LogP contribution >= 0.6 is 0 Å². The van der Waals surface area contributed by atoms with Gasteiger partial charge in [-0.25, -0.2) is 0 Å². The van der Waals surface area contributed by atoms with Gasteiger partial charge in [0.2, 0.25) is 0 Å². The molecule has 3 rings (SSSR count). The predicted octanol–water partition coefficient (Wildman–Crippen LogP) is 2.43. The smallest absolute Gasteiger partial charge is 0.101 e. The number of rotatable bonds is 2. The number of ether oxygens (including phenoxy) is 1. The molecule has 0 bridgehead atoms. The molecule has 0 spiro atoms. The summed E-state index contributed by atoms with van der Waals surface area (Å²) in [6.45, 7) is 11.6. The highest BCUT2D eigenvalue weighted by Gasteiger charge is 2.57. The maximum absolute atomic E-state index is 10.6. The van der Waals surface area contributed by atoms with Gasteiger partial charge >= 0.3 is 0 Å². The largest absolute Gasteiger partial charge is 0.393 e. The Morgan fingerprint density at radius 1 is 1.21 bits per heavy atom. The lowest BCUT2D eigenvalue weighted by Crippen LogP contribution is -2.57. The van der Waals surface area contributed by atoms with Crippen molar-refractivity contribution in [2.75, 3.05) is 13.2 Å². The second-order valence-corrected chi connectivity index (χ2v) is 8.86. The molecular formula is C20H32O4. The van der Waals surface area contributed by atoms with Gasteiger partial charge in [0.25, 0.3) is 0 Å². The van der Waals surface area contributed by atoms with E-state index < -0.39 is 12.2 Å². The van der Waals surface area contributed by atoms with E-state index in [0.29, 0.717) is 19.6 Å². The molecule has 1 saturated heterocycles. The molecule has 1 heterocycles. The van der Waals surface area contributed by atoms with Crippen LogP contribution in [0.15, 0.2) is 23.8 Å². The van der Waals surface area contributed by atoms with E-state index in [2.05, 4.69) is 33.4 Å². The topological polar surface area (TPSA) is 69.9 Å². The van der Waals surface area contributed by atoms with Crippen molar-refractivity contribution in [3.8, 4) is 0 Å². The lowest BCUT2D eigenvalue weighted by molar-refractivity contribution is -0.139. The molecule has 1 aliphatic heterocycles. The maximum atomic E-state index is 10.6. The average Bonchev–Trinajstić information content (AvgIpc) is 2.92. The first-order valence-corrected chi connectivity index (χ1v) is 9.17. The summed E-state index contributed by atoms with van der Waals surface area (Å²) in [5, 5.41) is 31.0. The van der Waals surface area contributed by atoms with Crippen LogP contribution in [0.1, 0.15) is 46.5 Å². The molecule has 0 radical (unpaired) electrons. The van der Waals surface area contributed by atoms with Crippen molar-refractivity contribution >= 4 is 0 Å². The number of fused-ring (bicyclic) bond motifs is 1. The van der Waals surface area contributed by atoms with Gasteiger partial charge in [-0.05, 0) is 59.5 Å². The van der Waals surface area contributed by atoms with Crippen LogP contribution in [0, 0.1) is 22.7 Å². The molecule has 0 aromatic carbocycles. The maximum Gasteiger partial charge on any atom is 0.101 e. The van der Waals surface area contributed by atoms with Crippen molar-refractivity contribution < 1.29 is 20.1 Å². The van der Waals surface area contributed by atoms with Crippen molar-refractivity contribution in [3.05, 3.63) is 23.8 Å². The Morgan fingerprint density at radius 3 is 2.54 bits per heavy atom. The van der Waals surface area contributed by atoms with Gasteiger partial charge in [-0.2, -0.15) is 0 Å². The van der Waals surface area contributed by atoms with E-state index in [9.17, 15) is 15.3 Å². The van der Waals surface area contributed by atoms with Gasteiger partial charge in [-0.3, -0.25) is 0 Å². The summed E-state index contributed by atoms with van der Waals surface area (Å²) in [6.07, 6.45) is 3.94. The second kappa shape index (κ2) is 6.24. The molecule has 6 atom stereocenters. The van der Waals surface area contributed by atoms with Crippen LogP contribution < -0.4 is 0 Å². The molecule has 0 aromatic heterocycles.